The molecule has 1 atom stereocenters. The maximum absolute atomic E-state index is 12.6. The summed E-state index contributed by atoms with van der Waals surface area (Å²) in [7, 11) is 0. The van der Waals surface area contributed by atoms with Crippen LogP contribution in [0.2, 0.25) is 5.02 Å². The third-order valence-electron chi connectivity index (χ3n) is 3.83. The number of rotatable bonds is 3. The van der Waals surface area contributed by atoms with Gasteiger partial charge in [-0.3, -0.25) is 4.79 Å². The molecule has 1 aliphatic rings. The number of hydrogen-bond donors (Lipinski definition) is 2. The van der Waals surface area contributed by atoms with Crippen LogP contribution in [0.5, 0.6) is 0 Å². The van der Waals surface area contributed by atoms with E-state index in [0.717, 1.165) is 6.42 Å². The van der Waals surface area contributed by atoms with E-state index in [1.54, 1.807) is 17.0 Å². The largest absolute Gasteiger partial charge is 0.350 e. The van der Waals surface area contributed by atoms with Gasteiger partial charge in [-0.15, -0.1) is 5.10 Å². The highest BCUT2D eigenvalue weighted by atomic mass is 35.5. The zero-order valence-electron chi connectivity index (χ0n) is 12.5. The van der Waals surface area contributed by atoms with Crippen LogP contribution in [0.1, 0.15) is 16.9 Å². The summed E-state index contributed by atoms with van der Waals surface area (Å²) in [6.07, 6.45) is 3.88. The molecule has 3 aromatic heterocycles. The highest BCUT2D eigenvalue weighted by Gasteiger charge is 2.28. The molecule has 0 radical (unpaired) electrons. The van der Waals surface area contributed by atoms with Crippen molar-refractivity contribution in [3.05, 3.63) is 35.2 Å². The Hall–Kier alpha value is -2.81. The Morgan fingerprint density at radius 2 is 2.12 bits per heavy atom. The van der Waals surface area contributed by atoms with Crippen LogP contribution in [0.25, 0.3) is 11.2 Å². The first-order valence-corrected chi connectivity index (χ1v) is 7.78. The second-order valence-corrected chi connectivity index (χ2v) is 5.91. The van der Waals surface area contributed by atoms with E-state index >= 15 is 0 Å². The van der Waals surface area contributed by atoms with Gasteiger partial charge in [-0.05, 0) is 18.6 Å². The molecule has 1 aliphatic heterocycles. The van der Waals surface area contributed by atoms with Crippen LogP contribution in [-0.2, 0) is 0 Å². The summed E-state index contributed by atoms with van der Waals surface area (Å²) in [5.74, 6) is 0.377. The fourth-order valence-electron chi connectivity index (χ4n) is 2.65. The number of carbonyl (C=O) groups is 1. The zero-order chi connectivity index (χ0) is 16.5. The van der Waals surface area contributed by atoms with E-state index in [0.29, 0.717) is 40.9 Å². The number of aromatic nitrogens is 6. The van der Waals surface area contributed by atoms with Crippen LogP contribution in [0.15, 0.2) is 24.5 Å². The maximum atomic E-state index is 12.6. The highest BCUT2D eigenvalue weighted by Crippen LogP contribution is 2.17. The molecule has 4 heterocycles. The van der Waals surface area contributed by atoms with Gasteiger partial charge in [0, 0.05) is 19.1 Å². The van der Waals surface area contributed by atoms with Gasteiger partial charge in [0.2, 0.25) is 11.6 Å². The molecule has 1 fully saturated rings. The normalized spacial score (nSPS) is 17.4. The van der Waals surface area contributed by atoms with Gasteiger partial charge in [0.15, 0.2) is 0 Å². The lowest BCUT2D eigenvalue weighted by Crippen LogP contribution is -2.32. The van der Waals surface area contributed by atoms with E-state index in [1.165, 1.54) is 12.4 Å². The van der Waals surface area contributed by atoms with Crippen molar-refractivity contribution in [1.82, 2.24) is 35.3 Å². The monoisotopic (exact) mass is 344 g/mol. The van der Waals surface area contributed by atoms with E-state index in [4.69, 9.17) is 11.6 Å². The average Bonchev–Trinajstić information content (AvgIpc) is 3.24. The summed E-state index contributed by atoms with van der Waals surface area (Å²) in [6.45, 7) is 1.20. The molecule has 1 amide bonds. The van der Waals surface area contributed by atoms with Gasteiger partial charge < -0.3 is 10.2 Å². The van der Waals surface area contributed by atoms with Crippen molar-refractivity contribution in [1.29, 1.82) is 0 Å². The summed E-state index contributed by atoms with van der Waals surface area (Å²) < 4.78 is 0. The lowest BCUT2D eigenvalue weighted by atomic mass is 10.3. The standard InChI is InChI=1S/C14H13ClN8O/c15-8-5-16-14(17-6-8)18-9-3-4-23(7-9)13(24)11-2-1-10-12(19-11)21-22-20-10/h1-2,5-6,9H,3-4,7H2,(H,16,17,18)(H,19,20,21,22)/t9-/m0/s1. The first-order chi connectivity index (χ1) is 11.7. The predicted octanol–water partition coefficient (Wildman–Crippen LogP) is 1.12. The minimum atomic E-state index is -0.124. The maximum Gasteiger partial charge on any atom is 0.272 e. The number of nitrogens with one attached hydrogen (secondary N) is 2. The third kappa shape index (κ3) is 2.85. The van der Waals surface area contributed by atoms with Crippen LogP contribution in [0.4, 0.5) is 5.95 Å². The second kappa shape index (κ2) is 6.00. The summed E-state index contributed by atoms with van der Waals surface area (Å²) in [5, 5.41) is 14.0. The van der Waals surface area contributed by atoms with E-state index < -0.39 is 0 Å². The number of aromatic amines is 1. The van der Waals surface area contributed by atoms with Crippen molar-refractivity contribution < 1.29 is 4.79 Å². The summed E-state index contributed by atoms with van der Waals surface area (Å²) in [6, 6.07) is 3.48. The third-order valence-corrected chi connectivity index (χ3v) is 4.02. The van der Waals surface area contributed by atoms with Crippen molar-refractivity contribution >= 4 is 34.6 Å². The van der Waals surface area contributed by atoms with Gasteiger partial charge in [0.05, 0.1) is 17.4 Å². The molecule has 0 bridgehead atoms. The number of pyridine rings is 1. The molecule has 122 valence electrons. The fraction of sp³-hybridized carbons (Fsp3) is 0.286. The number of likely N-dealkylation sites (tertiary alicyclic amines) is 1. The van der Waals surface area contributed by atoms with Gasteiger partial charge in [0.1, 0.15) is 11.2 Å². The minimum absolute atomic E-state index is 0.0888. The molecule has 0 aromatic carbocycles. The van der Waals surface area contributed by atoms with E-state index in [-0.39, 0.29) is 11.9 Å². The van der Waals surface area contributed by atoms with Gasteiger partial charge in [-0.2, -0.15) is 10.3 Å². The molecule has 0 unspecified atom stereocenters. The Balaban J connectivity index is 1.43. The van der Waals surface area contributed by atoms with Crippen molar-refractivity contribution in [2.24, 2.45) is 0 Å². The Kier molecular flexibility index (Phi) is 3.69. The van der Waals surface area contributed by atoms with E-state index in [9.17, 15) is 4.79 Å². The van der Waals surface area contributed by atoms with E-state index in [1.807, 2.05) is 0 Å². The number of H-pyrrole nitrogens is 1. The smallest absolute Gasteiger partial charge is 0.272 e. The average molecular weight is 345 g/mol. The number of amides is 1. The van der Waals surface area contributed by atoms with Gasteiger partial charge in [0.25, 0.3) is 5.91 Å². The van der Waals surface area contributed by atoms with Crippen LogP contribution in [0, 0.1) is 0 Å². The van der Waals surface area contributed by atoms with Crippen molar-refractivity contribution in [2.75, 3.05) is 18.4 Å². The molecule has 1 saturated heterocycles. The predicted molar refractivity (Wildman–Crippen MR) is 86.7 cm³/mol. The number of nitrogens with zero attached hydrogens (tertiary/aromatic N) is 6. The molecule has 24 heavy (non-hydrogen) atoms. The Morgan fingerprint density at radius 1 is 1.29 bits per heavy atom. The highest BCUT2D eigenvalue weighted by molar-refractivity contribution is 6.30. The van der Waals surface area contributed by atoms with Gasteiger partial charge in [-0.25, -0.2) is 15.0 Å². The number of hydrogen-bond acceptors (Lipinski definition) is 7. The lowest BCUT2D eigenvalue weighted by molar-refractivity contribution is 0.0786. The molecule has 0 aliphatic carbocycles. The van der Waals surface area contributed by atoms with Crippen LogP contribution >= 0.6 is 11.6 Å². The molecule has 0 spiro atoms. The molecular formula is C14H13ClN8O. The van der Waals surface area contributed by atoms with Crippen molar-refractivity contribution in [3.8, 4) is 0 Å². The SMILES string of the molecule is O=C(c1ccc2n[nH]nc2n1)N1CC[C@H](Nc2ncc(Cl)cn2)C1. The van der Waals surface area contributed by atoms with E-state index in [2.05, 4.69) is 35.7 Å². The molecule has 9 nitrogen and oxygen atoms in total. The van der Waals surface area contributed by atoms with Crippen molar-refractivity contribution in [2.45, 2.75) is 12.5 Å². The Morgan fingerprint density at radius 3 is 2.96 bits per heavy atom. The summed E-state index contributed by atoms with van der Waals surface area (Å²) in [5.41, 5.74) is 1.43. The molecule has 0 saturated carbocycles. The number of halogens is 1. The molecule has 4 rings (SSSR count). The molecule has 2 N–H and O–H groups in total. The summed E-state index contributed by atoms with van der Waals surface area (Å²) >= 11 is 5.77. The fourth-order valence-corrected chi connectivity index (χ4v) is 2.75. The van der Waals surface area contributed by atoms with Crippen LogP contribution in [-0.4, -0.2) is 60.3 Å². The number of anilines is 1. The molecular weight excluding hydrogens is 332 g/mol. The Labute approximate surface area is 141 Å². The first-order valence-electron chi connectivity index (χ1n) is 7.40. The second-order valence-electron chi connectivity index (χ2n) is 5.47. The zero-order valence-corrected chi connectivity index (χ0v) is 13.2. The van der Waals surface area contributed by atoms with Gasteiger partial charge in [-0.1, -0.05) is 11.6 Å². The first kappa shape index (κ1) is 14.8. The summed E-state index contributed by atoms with van der Waals surface area (Å²) in [4.78, 5) is 26.8. The van der Waals surface area contributed by atoms with Gasteiger partial charge >= 0.3 is 0 Å². The number of fused-ring (bicyclic) bond motifs is 1. The minimum Gasteiger partial charge on any atom is -0.350 e. The molecule has 3 aromatic rings. The Bertz CT molecular complexity index is 880. The van der Waals surface area contributed by atoms with Crippen molar-refractivity contribution in [3.63, 3.8) is 0 Å². The quantitative estimate of drug-likeness (QED) is 0.732. The van der Waals surface area contributed by atoms with Crippen LogP contribution in [0.3, 0.4) is 0 Å². The van der Waals surface area contributed by atoms with Crippen LogP contribution < -0.4 is 5.32 Å². The molecule has 10 heteroatoms. The number of carbonyl (C=O) groups excluding carboxylic acids is 1. The lowest BCUT2D eigenvalue weighted by Gasteiger charge is -2.16. The topological polar surface area (TPSA) is 113 Å².